The lowest BCUT2D eigenvalue weighted by atomic mass is 9.89. The normalized spacial score (nSPS) is 18.2. The van der Waals surface area contributed by atoms with Gasteiger partial charge in [0.25, 0.3) is 0 Å². The van der Waals surface area contributed by atoms with Crippen molar-refractivity contribution in [3.8, 4) is 11.5 Å². The van der Waals surface area contributed by atoms with Crippen molar-refractivity contribution in [2.45, 2.75) is 39.5 Å². The van der Waals surface area contributed by atoms with Crippen LogP contribution in [0.25, 0.3) is 0 Å². The van der Waals surface area contributed by atoms with Gasteiger partial charge in [0.15, 0.2) is 17.3 Å². The molecule has 1 fully saturated rings. The van der Waals surface area contributed by atoms with Crippen LogP contribution in [0.4, 0.5) is 0 Å². The highest BCUT2D eigenvalue weighted by atomic mass is 16.7. The van der Waals surface area contributed by atoms with E-state index in [-0.39, 0.29) is 24.4 Å². The molecule has 3 heterocycles. The zero-order valence-electron chi connectivity index (χ0n) is 17.2. The van der Waals surface area contributed by atoms with Crippen molar-refractivity contribution in [3.63, 3.8) is 0 Å². The monoisotopic (exact) mass is 397 g/mol. The highest BCUT2D eigenvalue weighted by Gasteiger charge is 2.30. The Bertz CT molecular complexity index is 950. The molecule has 2 aromatic rings. The molecule has 0 aliphatic carbocycles. The minimum atomic E-state index is -0.171. The average Bonchev–Trinajstić information content (AvgIpc) is 3.29. The second kappa shape index (κ2) is 7.89. The molecule has 0 bridgehead atoms. The summed E-state index contributed by atoms with van der Waals surface area (Å²) < 4.78 is 12.6. The van der Waals surface area contributed by atoms with Gasteiger partial charge in [0.05, 0.1) is 5.69 Å². The third-order valence-electron chi connectivity index (χ3n) is 6.05. The number of amides is 1. The minimum Gasteiger partial charge on any atom is -0.454 e. The topological polar surface area (TPSA) is 73.7 Å². The largest absolute Gasteiger partial charge is 0.454 e. The first-order chi connectivity index (χ1) is 13.9. The molecule has 1 atom stereocenters. The summed E-state index contributed by atoms with van der Waals surface area (Å²) in [6, 6.07) is 5.31. The fourth-order valence-electron chi connectivity index (χ4n) is 4.27. The molecule has 154 valence electrons. The Hall–Kier alpha value is -2.83. The summed E-state index contributed by atoms with van der Waals surface area (Å²) in [6.07, 6.45) is 2.77. The predicted octanol–water partition coefficient (Wildman–Crippen LogP) is 2.82. The van der Waals surface area contributed by atoms with Gasteiger partial charge in [0.1, 0.15) is 0 Å². The maximum atomic E-state index is 13.0. The van der Waals surface area contributed by atoms with E-state index in [1.807, 2.05) is 30.5 Å². The number of fused-ring (bicyclic) bond motifs is 1. The molecule has 1 aromatic carbocycles. The lowest BCUT2D eigenvalue weighted by Gasteiger charge is -2.32. The number of ether oxygens (including phenoxy) is 2. The minimum absolute atomic E-state index is 0.0692. The number of piperidine rings is 1. The van der Waals surface area contributed by atoms with E-state index in [4.69, 9.17) is 9.47 Å². The molecular weight excluding hydrogens is 370 g/mol. The first-order valence-electron chi connectivity index (χ1n) is 10.1. The van der Waals surface area contributed by atoms with Crippen LogP contribution in [0.1, 0.15) is 46.6 Å². The van der Waals surface area contributed by atoms with Crippen molar-refractivity contribution >= 4 is 11.7 Å². The van der Waals surface area contributed by atoms with Gasteiger partial charge in [0, 0.05) is 43.7 Å². The molecule has 7 heteroatoms. The van der Waals surface area contributed by atoms with E-state index in [0.717, 1.165) is 36.3 Å². The molecule has 2 aliphatic rings. The van der Waals surface area contributed by atoms with Crippen molar-refractivity contribution in [1.29, 1.82) is 0 Å². The number of hydrogen-bond acceptors (Lipinski definition) is 5. The summed E-state index contributed by atoms with van der Waals surface area (Å²) >= 11 is 0. The van der Waals surface area contributed by atoms with Gasteiger partial charge >= 0.3 is 0 Å². The molecule has 0 spiro atoms. The lowest BCUT2D eigenvalue weighted by molar-refractivity contribution is -0.132. The molecule has 1 unspecified atom stereocenters. The van der Waals surface area contributed by atoms with Crippen molar-refractivity contribution in [1.82, 2.24) is 14.7 Å². The van der Waals surface area contributed by atoms with E-state index < -0.39 is 0 Å². The summed E-state index contributed by atoms with van der Waals surface area (Å²) in [5.41, 5.74) is 3.85. The van der Waals surface area contributed by atoms with E-state index in [0.29, 0.717) is 36.4 Å². The maximum Gasteiger partial charge on any atom is 0.231 e. The molecule has 4 rings (SSSR count). The van der Waals surface area contributed by atoms with E-state index in [1.54, 1.807) is 18.2 Å². The Labute approximate surface area is 170 Å². The Kier molecular flexibility index (Phi) is 5.30. The average molecular weight is 397 g/mol. The molecule has 1 aromatic heterocycles. The van der Waals surface area contributed by atoms with Crippen LogP contribution < -0.4 is 9.47 Å². The predicted molar refractivity (Wildman–Crippen MR) is 107 cm³/mol. The van der Waals surface area contributed by atoms with Crippen LogP contribution in [-0.4, -0.2) is 46.3 Å². The summed E-state index contributed by atoms with van der Waals surface area (Å²) in [5.74, 6) is 1.29. The number of hydrogen-bond donors (Lipinski definition) is 0. The number of Topliss-reactive ketones (excluding diaryl/α,β-unsaturated/α-hetero) is 1. The third kappa shape index (κ3) is 3.86. The Morgan fingerprint density at radius 1 is 1.21 bits per heavy atom. The summed E-state index contributed by atoms with van der Waals surface area (Å²) in [4.78, 5) is 27.7. The van der Waals surface area contributed by atoms with Gasteiger partial charge in [-0.25, -0.2) is 0 Å². The van der Waals surface area contributed by atoms with Gasteiger partial charge in [-0.1, -0.05) is 0 Å². The first kappa shape index (κ1) is 19.5. The summed E-state index contributed by atoms with van der Waals surface area (Å²) in [5, 5.41) is 4.42. The van der Waals surface area contributed by atoms with E-state index in [1.165, 1.54) is 0 Å². The molecule has 0 radical (unpaired) electrons. The van der Waals surface area contributed by atoms with Crippen molar-refractivity contribution in [3.05, 3.63) is 40.7 Å². The van der Waals surface area contributed by atoms with Gasteiger partial charge in [-0.05, 0) is 56.9 Å². The smallest absolute Gasteiger partial charge is 0.231 e. The second-order valence-electron chi connectivity index (χ2n) is 7.88. The van der Waals surface area contributed by atoms with E-state index in [2.05, 4.69) is 5.10 Å². The first-order valence-corrected chi connectivity index (χ1v) is 10.1. The van der Waals surface area contributed by atoms with E-state index >= 15 is 0 Å². The standard InChI is InChI=1S/C22H27N3O4/c1-14-18(15(2)24(3)23-14)7-9-21(26)25-10-4-5-17(12-25)22(27)16-6-8-19-20(11-16)29-13-28-19/h6,8,11,17H,4-5,7,9-10,12-13H2,1-3H3. The van der Waals surface area contributed by atoms with Crippen molar-refractivity contribution in [2.24, 2.45) is 13.0 Å². The van der Waals surface area contributed by atoms with Gasteiger partial charge in [-0.2, -0.15) is 5.10 Å². The molecule has 0 saturated carbocycles. The number of likely N-dealkylation sites (tertiary alicyclic amines) is 1. The van der Waals surface area contributed by atoms with Crippen LogP contribution in [0.5, 0.6) is 11.5 Å². The van der Waals surface area contributed by atoms with Crippen LogP contribution in [0.2, 0.25) is 0 Å². The molecule has 7 nitrogen and oxygen atoms in total. The zero-order valence-corrected chi connectivity index (χ0v) is 17.2. The van der Waals surface area contributed by atoms with Gasteiger partial charge in [-0.15, -0.1) is 0 Å². The maximum absolute atomic E-state index is 13.0. The Morgan fingerprint density at radius 3 is 2.76 bits per heavy atom. The van der Waals surface area contributed by atoms with Crippen LogP contribution in [0.3, 0.4) is 0 Å². The van der Waals surface area contributed by atoms with E-state index in [9.17, 15) is 9.59 Å². The fourth-order valence-corrected chi connectivity index (χ4v) is 4.27. The van der Waals surface area contributed by atoms with Crippen LogP contribution in [0.15, 0.2) is 18.2 Å². The number of rotatable bonds is 5. The second-order valence-corrected chi connectivity index (χ2v) is 7.88. The quantitative estimate of drug-likeness (QED) is 0.726. The van der Waals surface area contributed by atoms with Gasteiger partial charge in [-0.3, -0.25) is 14.3 Å². The molecule has 29 heavy (non-hydrogen) atoms. The van der Waals surface area contributed by atoms with Gasteiger partial charge in [0.2, 0.25) is 12.7 Å². The zero-order chi connectivity index (χ0) is 20.5. The Morgan fingerprint density at radius 2 is 2.00 bits per heavy atom. The molecule has 0 N–H and O–H groups in total. The van der Waals surface area contributed by atoms with Crippen molar-refractivity contribution < 1.29 is 19.1 Å². The van der Waals surface area contributed by atoms with Crippen molar-refractivity contribution in [2.75, 3.05) is 19.9 Å². The highest BCUT2D eigenvalue weighted by molar-refractivity contribution is 5.99. The van der Waals surface area contributed by atoms with Gasteiger partial charge < -0.3 is 14.4 Å². The number of nitrogens with zero attached hydrogens (tertiary/aromatic N) is 3. The molecule has 2 aliphatic heterocycles. The highest BCUT2D eigenvalue weighted by Crippen LogP contribution is 2.34. The third-order valence-corrected chi connectivity index (χ3v) is 6.05. The number of aryl methyl sites for hydroxylation is 2. The number of aromatic nitrogens is 2. The number of carbonyl (C=O) groups excluding carboxylic acids is 2. The SMILES string of the molecule is Cc1nn(C)c(C)c1CCC(=O)N1CCCC(C(=O)c2ccc3c(c2)OCO3)C1. The molecular formula is C22H27N3O4. The van der Waals surface area contributed by atoms with Crippen LogP contribution in [-0.2, 0) is 18.3 Å². The summed E-state index contributed by atoms with van der Waals surface area (Å²) in [7, 11) is 1.92. The Balaban J connectivity index is 1.38. The fraction of sp³-hybridized carbons (Fsp3) is 0.500. The lowest BCUT2D eigenvalue weighted by Crippen LogP contribution is -2.42. The summed E-state index contributed by atoms with van der Waals surface area (Å²) in [6.45, 7) is 5.40. The van der Waals surface area contributed by atoms with Crippen LogP contribution >= 0.6 is 0 Å². The van der Waals surface area contributed by atoms with Crippen LogP contribution in [0, 0.1) is 19.8 Å². The molecule has 1 saturated heterocycles. The molecule has 1 amide bonds. The number of carbonyl (C=O) groups is 2. The number of benzene rings is 1. The number of ketones is 1.